The number of methoxy groups -OCH3 is 1. The zero-order valence-corrected chi connectivity index (χ0v) is 18.3. The van der Waals surface area contributed by atoms with Crippen LogP contribution in [0.15, 0.2) is 23.2 Å². The summed E-state index contributed by atoms with van der Waals surface area (Å²) in [6.45, 7) is 9.08. The fourth-order valence-electron chi connectivity index (χ4n) is 2.81. The predicted octanol–water partition coefficient (Wildman–Crippen LogP) is 2.23. The van der Waals surface area contributed by atoms with Crippen molar-refractivity contribution in [1.29, 1.82) is 0 Å². The highest BCUT2D eigenvalue weighted by Crippen LogP contribution is 2.17. The Morgan fingerprint density at radius 3 is 2.58 bits per heavy atom. The lowest BCUT2D eigenvalue weighted by atomic mass is 10.0. The molecule has 1 heterocycles. The summed E-state index contributed by atoms with van der Waals surface area (Å²) in [6.07, 6.45) is 0. The Morgan fingerprint density at radius 1 is 1.31 bits per heavy atom. The maximum Gasteiger partial charge on any atom is 0.191 e. The van der Waals surface area contributed by atoms with E-state index in [-0.39, 0.29) is 41.1 Å². The van der Waals surface area contributed by atoms with Crippen molar-refractivity contribution in [1.82, 2.24) is 15.5 Å². The Balaban J connectivity index is 0.00000338. The monoisotopic (exact) mass is 480 g/mol. The summed E-state index contributed by atoms with van der Waals surface area (Å²) in [6, 6.07) is 4.93. The number of nitrogens with one attached hydrogen (secondary N) is 2. The average Bonchev–Trinajstić information content (AvgIpc) is 2.62. The van der Waals surface area contributed by atoms with Gasteiger partial charge < -0.3 is 20.1 Å². The zero-order chi connectivity index (χ0) is 18.3. The van der Waals surface area contributed by atoms with Crippen molar-refractivity contribution >= 4 is 29.9 Å². The van der Waals surface area contributed by atoms with Gasteiger partial charge in [0.1, 0.15) is 0 Å². The largest absolute Gasteiger partial charge is 0.494 e. The smallest absolute Gasteiger partial charge is 0.191 e. The number of benzene rings is 1. The summed E-state index contributed by atoms with van der Waals surface area (Å²) in [4.78, 5) is 6.65. The van der Waals surface area contributed by atoms with Gasteiger partial charge in [-0.3, -0.25) is 9.89 Å². The highest BCUT2D eigenvalue weighted by Gasteiger charge is 2.28. The second-order valence-electron chi connectivity index (χ2n) is 6.66. The topological polar surface area (TPSA) is 58.1 Å². The summed E-state index contributed by atoms with van der Waals surface area (Å²) in [5.41, 5.74) is 0.821. The molecule has 1 aromatic rings. The van der Waals surface area contributed by atoms with E-state index >= 15 is 0 Å². The van der Waals surface area contributed by atoms with Crippen molar-refractivity contribution < 1.29 is 13.9 Å². The molecule has 6 nitrogen and oxygen atoms in total. The van der Waals surface area contributed by atoms with Gasteiger partial charge in [0.2, 0.25) is 0 Å². The number of nitrogens with zero attached hydrogens (tertiary/aromatic N) is 2. The van der Waals surface area contributed by atoms with Crippen LogP contribution >= 0.6 is 24.0 Å². The van der Waals surface area contributed by atoms with E-state index in [9.17, 15) is 4.39 Å². The summed E-state index contributed by atoms with van der Waals surface area (Å²) < 4.78 is 24.1. The minimum atomic E-state index is -0.363. The molecule has 8 heteroatoms. The lowest BCUT2D eigenvalue weighted by Crippen LogP contribution is -2.56. The van der Waals surface area contributed by atoms with Crippen molar-refractivity contribution in [3.05, 3.63) is 29.6 Å². The molecule has 26 heavy (non-hydrogen) atoms. The van der Waals surface area contributed by atoms with E-state index in [1.807, 2.05) is 6.07 Å². The van der Waals surface area contributed by atoms with Crippen LogP contribution in [0.25, 0.3) is 0 Å². The molecule has 148 valence electrons. The first-order valence-corrected chi connectivity index (χ1v) is 8.56. The molecule has 0 amide bonds. The van der Waals surface area contributed by atoms with E-state index < -0.39 is 0 Å². The molecular weight excluding hydrogens is 450 g/mol. The number of halogens is 2. The van der Waals surface area contributed by atoms with Gasteiger partial charge in [0.25, 0.3) is 0 Å². The van der Waals surface area contributed by atoms with E-state index in [0.717, 1.165) is 38.4 Å². The second-order valence-corrected chi connectivity index (χ2v) is 6.66. The number of morpholine rings is 1. The molecule has 0 atom stereocenters. The SMILES string of the molecule is CN=C(NCc1ccc(OC)c(F)c1)NCC(C)(C)N1CCOCC1.I. The van der Waals surface area contributed by atoms with Crippen LogP contribution in [0.3, 0.4) is 0 Å². The van der Waals surface area contributed by atoms with Crippen molar-refractivity contribution in [3.8, 4) is 5.75 Å². The molecular formula is C18H30FIN4O2. The minimum Gasteiger partial charge on any atom is -0.494 e. The van der Waals surface area contributed by atoms with Gasteiger partial charge in [-0.05, 0) is 31.5 Å². The first-order valence-electron chi connectivity index (χ1n) is 8.56. The molecule has 0 bridgehead atoms. The third-order valence-corrected chi connectivity index (χ3v) is 4.46. The summed E-state index contributed by atoms with van der Waals surface area (Å²) >= 11 is 0. The number of ether oxygens (including phenoxy) is 2. The van der Waals surface area contributed by atoms with Crippen LogP contribution in [0.4, 0.5) is 4.39 Å². The first kappa shape index (κ1) is 22.9. The van der Waals surface area contributed by atoms with E-state index in [4.69, 9.17) is 9.47 Å². The molecule has 2 N–H and O–H groups in total. The Labute approximate surface area is 172 Å². The van der Waals surface area contributed by atoms with Gasteiger partial charge >= 0.3 is 0 Å². The van der Waals surface area contributed by atoms with Gasteiger partial charge in [-0.15, -0.1) is 24.0 Å². The highest BCUT2D eigenvalue weighted by molar-refractivity contribution is 14.0. The van der Waals surface area contributed by atoms with E-state index in [0.29, 0.717) is 12.5 Å². The van der Waals surface area contributed by atoms with Gasteiger partial charge in [-0.25, -0.2) is 4.39 Å². The van der Waals surface area contributed by atoms with E-state index in [1.165, 1.54) is 13.2 Å². The quantitative estimate of drug-likeness (QED) is 0.372. The third kappa shape index (κ3) is 6.55. The maximum absolute atomic E-state index is 13.8. The van der Waals surface area contributed by atoms with Crippen LogP contribution in [-0.4, -0.2) is 63.4 Å². The van der Waals surface area contributed by atoms with E-state index in [1.54, 1.807) is 13.1 Å². The Bertz CT molecular complexity index is 593. The molecule has 0 saturated carbocycles. The summed E-state index contributed by atoms with van der Waals surface area (Å²) in [5, 5.41) is 6.57. The molecule has 0 spiro atoms. The standard InChI is InChI=1S/C18H29FN4O2.HI/c1-18(2,23-7-9-25-10-8-23)13-22-17(20-3)21-12-14-5-6-16(24-4)15(19)11-14;/h5-6,11H,7-10,12-13H2,1-4H3,(H2,20,21,22);1H. The molecule has 0 aliphatic carbocycles. The van der Waals surface area contributed by atoms with Gasteiger partial charge in [-0.2, -0.15) is 0 Å². The van der Waals surface area contributed by atoms with Crippen LogP contribution in [0.2, 0.25) is 0 Å². The normalized spacial score (nSPS) is 16.0. The highest BCUT2D eigenvalue weighted by atomic mass is 127. The third-order valence-electron chi connectivity index (χ3n) is 4.46. The number of rotatable bonds is 6. The fraction of sp³-hybridized carbons (Fsp3) is 0.611. The molecule has 0 radical (unpaired) electrons. The van der Waals surface area contributed by atoms with Crippen molar-refractivity contribution in [2.75, 3.05) is 47.0 Å². The van der Waals surface area contributed by atoms with Gasteiger partial charge in [0.05, 0.1) is 20.3 Å². The van der Waals surface area contributed by atoms with Crippen LogP contribution < -0.4 is 15.4 Å². The van der Waals surface area contributed by atoms with Crippen molar-refractivity contribution in [2.45, 2.75) is 25.9 Å². The molecule has 0 unspecified atom stereocenters. The second kappa shape index (κ2) is 10.9. The van der Waals surface area contributed by atoms with Crippen LogP contribution in [0, 0.1) is 5.82 Å². The molecule has 2 rings (SSSR count). The Kier molecular flexibility index (Phi) is 9.59. The molecule has 1 saturated heterocycles. The van der Waals surface area contributed by atoms with Crippen LogP contribution in [-0.2, 0) is 11.3 Å². The Hall–Kier alpha value is -1.13. The summed E-state index contributed by atoms with van der Waals surface area (Å²) in [5.74, 6) is 0.578. The first-order chi connectivity index (χ1) is 12.0. The van der Waals surface area contributed by atoms with Crippen LogP contribution in [0.5, 0.6) is 5.75 Å². The molecule has 0 aromatic heterocycles. The van der Waals surface area contributed by atoms with Crippen molar-refractivity contribution in [3.63, 3.8) is 0 Å². The number of hydrogen-bond acceptors (Lipinski definition) is 4. The molecule has 1 aliphatic rings. The number of aliphatic imine (C=N–C) groups is 1. The van der Waals surface area contributed by atoms with Gasteiger partial charge in [0.15, 0.2) is 17.5 Å². The fourth-order valence-corrected chi connectivity index (χ4v) is 2.81. The van der Waals surface area contributed by atoms with Gasteiger partial charge in [0, 0.05) is 38.8 Å². The van der Waals surface area contributed by atoms with E-state index in [2.05, 4.69) is 34.4 Å². The minimum absolute atomic E-state index is 0. The van der Waals surface area contributed by atoms with Gasteiger partial charge in [-0.1, -0.05) is 6.07 Å². The number of hydrogen-bond donors (Lipinski definition) is 2. The lowest BCUT2D eigenvalue weighted by molar-refractivity contribution is -0.00834. The molecule has 1 aliphatic heterocycles. The number of guanidine groups is 1. The lowest BCUT2D eigenvalue weighted by Gasteiger charge is -2.41. The van der Waals surface area contributed by atoms with Crippen molar-refractivity contribution in [2.24, 2.45) is 4.99 Å². The zero-order valence-electron chi connectivity index (χ0n) is 16.0. The maximum atomic E-state index is 13.8. The summed E-state index contributed by atoms with van der Waals surface area (Å²) in [7, 11) is 3.18. The molecule has 1 fully saturated rings. The molecule has 1 aromatic carbocycles. The average molecular weight is 480 g/mol. The Morgan fingerprint density at radius 2 is 2.00 bits per heavy atom. The predicted molar refractivity (Wildman–Crippen MR) is 113 cm³/mol. The van der Waals surface area contributed by atoms with Crippen LogP contribution in [0.1, 0.15) is 19.4 Å².